The van der Waals surface area contributed by atoms with Crippen molar-refractivity contribution in [2.75, 3.05) is 4.90 Å². The van der Waals surface area contributed by atoms with Crippen molar-refractivity contribution in [3.05, 3.63) is 118 Å². The lowest BCUT2D eigenvalue weighted by atomic mass is 9.83. The minimum absolute atomic E-state index is 0.152. The summed E-state index contributed by atoms with van der Waals surface area (Å²) in [5, 5.41) is 0. The van der Waals surface area contributed by atoms with Crippen LogP contribution in [0.25, 0.3) is 0 Å². The Bertz CT molecular complexity index is 1460. The molecule has 0 radical (unpaired) electrons. The molecule has 7 heteroatoms. The van der Waals surface area contributed by atoms with Crippen LogP contribution in [0.4, 0.5) is 17.1 Å². The van der Waals surface area contributed by atoms with Crippen molar-refractivity contribution in [1.82, 2.24) is 0 Å². The number of fused-ring (bicyclic) bond motifs is 2. The summed E-state index contributed by atoms with van der Waals surface area (Å²) >= 11 is 15.0. The summed E-state index contributed by atoms with van der Waals surface area (Å²) in [6, 6.07) is 20.6. The first-order valence-electron chi connectivity index (χ1n) is 10.7. The molecule has 35 heavy (non-hydrogen) atoms. The molecular weight excluding hydrogens is 702 g/mol. The van der Waals surface area contributed by atoms with Crippen molar-refractivity contribution in [3.8, 4) is 0 Å². The van der Waals surface area contributed by atoms with Gasteiger partial charge in [-0.1, -0.05) is 36.4 Å². The molecule has 0 aromatic heterocycles. The van der Waals surface area contributed by atoms with E-state index in [4.69, 9.17) is 0 Å². The predicted octanol–water partition coefficient (Wildman–Crippen LogP) is 9.60. The number of halogens is 4. The maximum absolute atomic E-state index is 13.9. The van der Waals surface area contributed by atoms with Crippen LogP contribution >= 0.6 is 63.7 Å². The van der Waals surface area contributed by atoms with Gasteiger partial charge in [0, 0.05) is 34.6 Å². The maximum Gasteiger partial charge on any atom is 0.196 e. The summed E-state index contributed by atoms with van der Waals surface area (Å²) < 4.78 is 3.38. The molecule has 0 fully saturated rings. The van der Waals surface area contributed by atoms with E-state index in [1.165, 1.54) is 0 Å². The van der Waals surface area contributed by atoms with Crippen molar-refractivity contribution in [3.63, 3.8) is 0 Å². The first kappa shape index (κ1) is 24.6. The van der Waals surface area contributed by atoms with E-state index in [-0.39, 0.29) is 11.6 Å². The van der Waals surface area contributed by atoms with Gasteiger partial charge in [0.05, 0.1) is 22.6 Å². The van der Waals surface area contributed by atoms with Crippen molar-refractivity contribution < 1.29 is 9.59 Å². The average Bonchev–Trinajstić information content (AvgIpc) is 2.80. The lowest BCUT2D eigenvalue weighted by Crippen LogP contribution is -2.25. The van der Waals surface area contributed by atoms with Crippen molar-refractivity contribution in [2.24, 2.45) is 0 Å². The van der Waals surface area contributed by atoms with Gasteiger partial charge in [-0.25, -0.2) is 0 Å². The zero-order chi connectivity index (χ0) is 25.0. The zero-order valence-corrected chi connectivity index (χ0v) is 25.0. The highest BCUT2D eigenvalue weighted by Gasteiger charge is 2.35. The highest BCUT2D eigenvalue weighted by molar-refractivity contribution is 9.11. The highest BCUT2D eigenvalue weighted by atomic mass is 79.9. The summed E-state index contributed by atoms with van der Waals surface area (Å²) in [5.41, 5.74) is 6.03. The Morgan fingerprint density at radius 3 is 1.49 bits per heavy atom. The molecule has 0 saturated heterocycles. The quantitative estimate of drug-likeness (QED) is 0.187. The Labute approximate surface area is 237 Å². The third kappa shape index (κ3) is 4.16. The Morgan fingerprint density at radius 1 is 0.571 bits per heavy atom. The molecule has 4 aromatic carbocycles. The molecule has 0 atom stereocenters. The summed E-state index contributed by atoms with van der Waals surface area (Å²) in [5.74, 6) is -0.324. The molecule has 1 aliphatic carbocycles. The highest BCUT2D eigenvalue weighted by Crippen LogP contribution is 2.50. The van der Waals surface area contributed by atoms with Gasteiger partial charge < -0.3 is 4.90 Å². The molecule has 4 aromatic rings. The third-order valence-corrected chi connectivity index (χ3v) is 8.36. The van der Waals surface area contributed by atoms with Gasteiger partial charge in [0.25, 0.3) is 0 Å². The predicted molar refractivity (Wildman–Crippen MR) is 155 cm³/mol. The van der Waals surface area contributed by atoms with E-state index < -0.39 is 0 Å². The van der Waals surface area contributed by atoms with Gasteiger partial charge in [0.1, 0.15) is 0 Å². The normalized spacial score (nSPS) is 12.4. The molecule has 0 unspecified atom stereocenters. The van der Waals surface area contributed by atoms with Gasteiger partial charge in [0.15, 0.2) is 11.6 Å². The first-order valence-corrected chi connectivity index (χ1v) is 13.9. The number of benzene rings is 4. The lowest BCUT2D eigenvalue weighted by Gasteiger charge is -2.32. The number of rotatable bonds is 3. The van der Waals surface area contributed by atoms with E-state index in [9.17, 15) is 9.59 Å². The Morgan fingerprint density at radius 2 is 1.00 bits per heavy atom. The molecule has 174 valence electrons. The fourth-order valence-electron chi connectivity index (χ4n) is 4.48. The zero-order valence-electron chi connectivity index (χ0n) is 18.6. The fourth-order valence-corrected chi connectivity index (χ4v) is 8.02. The van der Waals surface area contributed by atoms with Crippen LogP contribution in [0, 0.1) is 13.8 Å². The van der Waals surface area contributed by atoms with Crippen LogP contribution in [0.3, 0.4) is 0 Å². The minimum atomic E-state index is -0.172. The van der Waals surface area contributed by atoms with E-state index in [0.29, 0.717) is 27.9 Å². The summed E-state index contributed by atoms with van der Waals surface area (Å²) in [6.45, 7) is 4.04. The van der Waals surface area contributed by atoms with Crippen LogP contribution in [-0.2, 0) is 0 Å². The van der Waals surface area contributed by atoms with Gasteiger partial charge in [-0.15, -0.1) is 0 Å². The second-order valence-electron chi connectivity index (χ2n) is 8.39. The molecule has 0 saturated carbocycles. The maximum atomic E-state index is 13.9. The number of nitrogens with zero attached hydrogens (tertiary/aromatic N) is 1. The molecular formula is C28H17Br4NO2. The number of hydrogen-bond donors (Lipinski definition) is 0. The Hall–Kier alpha value is -2.06. The summed E-state index contributed by atoms with van der Waals surface area (Å²) in [6.07, 6.45) is 0. The molecule has 0 spiro atoms. The minimum Gasteiger partial charge on any atom is -0.305 e. The fraction of sp³-hybridized carbons (Fsp3) is 0.0714. The second-order valence-corrected chi connectivity index (χ2v) is 11.8. The first-order chi connectivity index (χ1) is 16.7. The van der Waals surface area contributed by atoms with Gasteiger partial charge >= 0.3 is 0 Å². The van der Waals surface area contributed by atoms with Crippen molar-refractivity contribution in [1.29, 1.82) is 0 Å². The van der Waals surface area contributed by atoms with Crippen molar-refractivity contribution >= 4 is 92.3 Å². The Kier molecular flexibility index (Phi) is 6.64. The summed E-state index contributed by atoms with van der Waals surface area (Å²) in [4.78, 5) is 29.3. The second kappa shape index (κ2) is 9.43. The van der Waals surface area contributed by atoms with Gasteiger partial charge in [-0.3, -0.25) is 9.59 Å². The van der Waals surface area contributed by atoms with E-state index in [2.05, 4.69) is 63.7 Å². The van der Waals surface area contributed by atoms with Crippen LogP contribution < -0.4 is 4.90 Å². The largest absolute Gasteiger partial charge is 0.305 e. The van der Waals surface area contributed by atoms with Crippen LogP contribution in [-0.4, -0.2) is 11.6 Å². The molecule has 5 rings (SSSR count). The molecule has 3 nitrogen and oxygen atoms in total. The van der Waals surface area contributed by atoms with Crippen LogP contribution in [0.15, 0.2) is 84.6 Å². The number of ketones is 2. The average molecular weight is 719 g/mol. The van der Waals surface area contributed by atoms with Gasteiger partial charge in [-0.05, 0) is 119 Å². The van der Waals surface area contributed by atoms with Gasteiger partial charge in [0.2, 0.25) is 0 Å². The SMILES string of the molecule is Cc1cc(Br)c(N(c2cccc3c2C(=O)c2ccccc2C3=O)c2c(Br)cc(C)cc2Br)c(Br)c1. The number of anilines is 3. The summed E-state index contributed by atoms with van der Waals surface area (Å²) in [7, 11) is 0. The molecule has 1 aliphatic rings. The number of hydrogen-bond acceptors (Lipinski definition) is 3. The monoisotopic (exact) mass is 715 g/mol. The number of aryl methyl sites for hydroxylation is 2. The molecule has 0 bridgehead atoms. The molecule has 0 amide bonds. The van der Waals surface area contributed by atoms with E-state index in [1.54, 1.807) is 30.3 Å². The van der Waals surface area contributed by atoms with Crippen molar-refractivity contribution in [2.45, 2.75) is 13.8 Å². The van der Waals surface area contributed by atoms with E-state index in [1.807, 2.05) is 55.1 Å². The number of carbonyl (C=O) groups is 2. The number of carbonyl (C=O) groups excluding carboxylic acids is 2. The van der Waals surface area contributed by atoms with E-state index in [0.717, 1.165) is 40.4 Å². The topological polar surface area (TPSA) is 37.4 Å². The van der Waals surface area contributed by atoms with Crippen LogP contribution in [0.2, 0.25) is 0 Å². The lowest BCUT2D eigenvalue weighted by molar-refractivity contribution is 0.0979. The standard InChI is InChI=1S/C28H17Br4NO2/c1-14-10-19(29)25(20(30)11-14)33(26-21(31)12-15(2)13-22(26)32)23-9-5-8-18-24(23)28(35)17-7-4-3-6-16(17)27(18)34/h3-13H,1-2H3. The molecule has 0 aliphatic heterocycles. The molecule has 0 heterocycles. The third-order valence-electron chi connectivity index (χ3n) is 5.94. The molecule has 0 N–H and O–H groups in total. The smallest absolute Gasteiger partial charge is 0.196 e. The van der Waals surface area contributed by atoms with Gasteiger partial charge in [-0.2, -0.15) is 0 Å². The van der Waals surface area contributed by atoms with Crippen LogP contribution in [0.5, 0.6) is 0 Å². The Balaban J connectivity index is 1.88. The van der Waals surface area contributed by atoms with E-state index >= 15 is 0 Å². The van der Waals surface area contributed by atoms with Crippen LogP contribution in [0.1, 0.15) is 43.0 Å².